The maximum absolute atomic E-state index is 3.78. The van der Waals surface area contributed by atoms with Crippen molar-refractivity contribution in [2.24, 2.45) is 0 Å². The molecule has 0 saturated carbocycles. The molecule has 1 aromatic rings. The van der Waals surface area contributed by atoms with E-state index in [1.807, 2.05) is 0 Å². The third-order valence-electron chi connectivity index (χ3n) is 3.13. The molecule has 0 spiro atoms. The summed E-state index contributed by atoms with van der Waals surface area (Å²) in [6.07, 6.45) is 1.10. The molecule has 0 amide bonds. The van der Waals surface area contributed by atoms with E-state index in [9.17, 15) is 0 Å². The Labute approximate surface area is 109 Å². The molecule has 0 aromatic heterocycles. The zero-order valence-electron chi connectivity index (χ0n) is 11.2. The van der Waals surface area contributed by atoms with Crippen molar-refractivity contribution in [1.29, 1.82) is 0 Å². The fourth-order valence-corrected chi connectivity index (χ4v) is 2.08. The molecule has 0 heterocycles. The molecule has 93 valence electrons. The van der Waals surface area contributed by atoms with Crippen molar-refractivity contribution in [3.8, 4) is 0 Å². The van der Waals surface area contributed by atoms with E-state index < -0.39 is 0 Å². The Hall–Kier alpha value is -0.803. The summed E-state index contributed by atoms with van der Waals surface area (Å²) in [5.41, 5.74) is 3.01. The van der Waals surface area contributed by atoms with E-state index in [0.717, 1.165) is 26.2 Å². The van der Waals surface area contributed by atoms with Gasteiger partial charge in [-0.15, -0.1) is 0 Å². The summed E-state index contributed by atoms with van der Waals surface area (Å²) in [5, 5.41) is 3.53. The van der Waals surface area contributed by atoms with Gasteiger partial charge in [-0.25, -0.2) is 0 Å². The molecular formula is C14H23N2Si. The lowest BCUT2D eigenvalue weighted by atomic mass is 10.1. The van der Waals surface area contributed by atoms with Gasteiger partial charge in [0.15, 0.2) is 0 Å². The minimum absolute atomic E-state index is 0.426. The first-order chi connectivity index (χ1) is 8.22. The van der Waals surface area contributed by atoms with Crippen LogP contribution in [0.25, 0.3) is 0 Å². The van der Waals surface area contributed by atoms with Crippen molar-refractivity contribution in [2.75, 3.05) is 25.1 Å². The molecule has 1 N–H and O–H groups in total. The smallest absolute Gasteiger partial charge is 0.0678 e. The zero-order valence-corrected chi connectivity index (χ0v) is 12.2. The maximum Gasteiger partial charge on any atom is 0.0678 e. The third-order valence-corrected chi connectivity index (χ3v) is 3.85. The average Bonchev–Trinajstić information content (AvgIpc) is 2.39. The quantitative estimate of drug-likeness (QED) is 0.588. The number of nitrogens with one attached hydrogen (secondary N) is 1. The number of benzene rings is 1. The highest BCUT2D eigenvalue weighted by atomic mass is 28.1. The molecule has 3 radical (unpaired) electrons. The maximum atomic E-state index is 3.78. The van der Waals surface area contributed by atoms with Gasteiger partial charge in [0.2, 0.25) is 0 Å². The van der Waals surface area contributed by atoms with Crippen LogP contribution >= 0.6 is 0 Å². The topological polar surface area (TPSA) is 15.3 Å². The second-order valence-electron chi connectivity index (χ2n) is 4.19. The molecule has 0 aliphatic heterocycles. The summed E-state index contributed by atoms with van der Waals surface area (Å²) >= 11 is 0. The lowest BCUT2D eigenvalue weighted by molar-refractivity contribution is 0.326. The number of para-hydroxylation sites is 1. The van der Waals surface area contributed by atoms with Crippen LogP contribution < -0.4 is 5.32 Å². The summed E-state index contributed by atoms with van der Waals surface area (Å²) in [6.45, 7) is 9.64. The molecule has 2 nitrogen and oxygen atoms in total. The van der Waals surface area contributed by atoms with Gasteiger partial charge in [-0.05, 0) is 30.3 Å². The zero-order chi connectivity index (χ0) is 12.7. The van der Waals surface area contributed by atoms with Crippen molar-refractivity contribution in [2.45, 2.75) is 32.7 Å². The monoisotopic (exact) mass is 247 g/mol. The first-order valence-electron chi connectivity index (χ1n) is 6.49. The molecule has 0 bridgehead atoms. The van der Waals surface area contributed by atoms with E-state index in [0.29, 0.717) is 5.54 Å². The summed E-state index contributed by atoms with van der Waals surface area (Å²) in [7, 11) is 3.78. The second-order valence-corrected chi connectivity index (χ2v) is 4.88. The first-order valence-corrected chi connectivity index (χ1v) is 7.06. The minimum atomic E-state index is 0.426. The highest BCUT2D eigenvalue weighted by molar-refractivity contribution is 6.12. The molecule has 1 unspecified atom stereocenters. The fraction of sp³-hybridized carbons (Fsp3) is 0.571. The number of nitrogens with zero attached hydrogens (tertiary/aromatic N) is 1. The SMILES string of the molecule is CCC([Si])c1ccccc1NCN(CC)CC. The van der Waals surface area contributed by atoms with Crippen LogP contribution in [0, 0.1) is 0 Å². The van der Waals surface area contributed by atoms with Gasteiger partial charge in [-0.3, -0.25) is 4.90 Å². The van der Waals surface area contributed by atoms with Gasteiger partial charge in [0.05, 0.1) is 6.67 Å². The Morgan fingerprint density at radius 3 is 2.41 bits per heavy atom. The van der Waals surface area contributed by atoms with E-state index in [4.69, 9.17) is 0 Å². The largest absolute Gasteiger partial charge is 0.372 e. The van der Waals surface area contributed by atoms with Gasteiger partial charge in [0.1, 0.15) is 0 Å². The molecule has 3 heteroatoms. The Morgan fingerprint density at radius 1 is 1.18 bits per heavy atom. The van der Waals surface area contributed by atoms with Crippen LogP contribution in [0.3, 0.4) is 0 Å². The van der Waals surface area contributed by atoms with E-state index in [1.54, 1.807) is 0 Å². The second kappa shape index (κ2) is 7.51. The van der Waals surface area contributed by atoms with Crippen molar-refractivity contribution >= 4 is 15.9 Å². The minimum Gasteiger partial charge on any atom is -0.372 e. The van der Waals surface area contributed by atoms with Gasteiger partial charge in [0, 0.05) is 15.9 Å². The molecule has 1 aromatic carbocycles. The molecule has 0 aliphatic carbocycles. The summed E-state index contributed by atoms with van der Waals surface area (Å²) < 4.78 is 0. The number of anilines is 1. The lowest BCUT2D eigenvalue weighted by Crippen LogP contribution is -2.29. The Bertz CT molecular complexity index is 324. The van der Waals surface area contributed by atoms with Crippen LogP contribution in [0.4, 0.5) is 5.69 Å². The van der Waals surface area contributed by atoms with Gasteiger partial charge in [-0.1, -0.05) is 45.4 Å². The lowest BCUT2D eigenvalue weighted by Gasteiger charge is -2.22. The Balaban J connectivity index is 2.70. The van der Waals surface area contributed by atoms with Crippen LogP contribution in [0.2, 0.25) is 0 Å². The van der Waals surface area contributed by atoms with E-state index in [1.165, 1.54) is 11.3 Å². The molecule has 17 heavy (non-hydrogen) atoms. The first kappa shape index (κ1) is 14.3. The summed E-state index contributed by atoms with van der Waals surface area (Å²) in [5.74, 6) is 0. The fourth-order valence-electron chi connectivity index (χ4n) is 1.83. The van der Waals surface area contributed by atoms with Crippen molar-refractivity contribution in [1.82, 2.24) is 4.90 Å². The van der Waals surface area contributed by atoms with Gasteiger partial charge >= 0.3 is 0 Å². The van der Waals surface area contributed by atoms with E-state index in [-0.39, 0.29) is 0 Å². The van der Waals surface area contributed by atoms with Gasteiger partial charge in [0.25, 0.3) is 0 Å². The summed E-state index contributed by atoms with van der Waals surface area (Å²) in [4.78, 5) is 2.37. The Morgan fingerprint density at radius 2 is 1.82 bits per heavy atom. The highest BCUT2D eigenvalue weighted by Gasteiger charge is 2.08. The molecule has 0 saturated heterocycles. The number of hydrogen-bond acceptors (Lipinski definition) is 2. The van der Waals surface area contributed by atoms with Crippen molar-refractivity contribution in [3.63, 3.8) is 0 Å². The van der Waals surface area contributed by atoms with Crippen LogP contribution in [0.15, 0.2) is 24.3 Å². The third kappa shape index (κ3) is 4.17. The van der Waals surface area contributed by atoms with E-state index in [2.05, 4.69) is 65.5 Å². The number of hydrogen-bond donors (Lipinski definition) is 1. The van der Waals surface area contributed by atoms with Crippen molar-refractivity contribution in [3.05, 3.63) is 29.8 Å². The predicted octanol–water partition coefficient (Wildman–Crippen LogP) is 3.02. The molecule has 0 aliphatic rings. The van der Waals surface area contributed by atoms with Crippen LogP contribution in [0.1, 0.15) is 38.3 Å². The standard InChI is InChI=1S/C14H23N2Si/c1-4-14(17)12-9-7-8-10-13(12)15-11-16(5-2)6-3/h7-10,14-15H,4-6,11H2,1-3H3. The summed E-state index contributed by atoms with van der Waals surface area (Å²) in [6, 6.07) is 8.52. The van der Waals surface area contributed by atoms with E-state index >= 15 is 0 Å². The predicted molar refractivity (Wildman–Crippen MR) is 76.6 cm³/mol. The van der Waals surface area contributed by atoms with Crippen LogP contribution in [0.5, 0.6) is 0 Å². The highest BCUT2D eigenvalue weighted by Crippen LogP contribution is 2.24. The molecular weight excluding hydrogens is 224 g/mol. The van der Waals surface area contributed by atoms with Crippen molar-refractivity contribution < 1.29 is 0 Å². The molecule has 1 rings (SSSR count). The average molecular weight is 247 g/mol. The van der Waals surface area contributed by atoms with Gasteiger partial charge < -0.3 is 5.32 Å². The normalized spacial score (nSPS) is 12.8. The molecule has 0 fully saturated rings. The molecule has 1 atom stereocenters. The number of rotatable bonds is 7. The Kier molecular flexibility index (Phi) is 6.30. The van der Waals surface area contributed by atoms with Crippen LogP contribution in [-0.2, 0) is 0 Å². The van der Waals surface area contributed by atoms with Crippen LogP contribution in [-0.4, -0.2) is 34.9 Å². The van der Waals surface area contributed by atoms with Gasteiger partial charge in [-0.2, -0.15) is 0 Å².